The van der Waals surface area contributed by atoms with Gasteiger partial charge in [0.25, 0.3) is 0 Å². The van der Waals surface area contributed by atoms with E-state index in [1.807, 2.05) is 13.8 Å². The Bertz CT molecular complexity index is 350. The van der Waals surface area contributed by atoms with Gasteiger partial charge in [-0.15, -0.1) is 0 Å². The van der Waals surface area contributed by atoms with E-state index in [1.165, 1.54) is 17.1 Å². The van der Waals surface area contributed by atoms with Gasteiger partial charge in [-0.3, -0.25) is 9.59 Å². The van der Waals surface area contributed by atoms with Gasteiger partial charge in [0.05, 0.1) is 0 Å². The number of nitrogens with one attached hydrogen (secondary N) is 1. The van der Waals surface area contributed by atoms with Crippen molar-refractivity contribution in [2.75, 3.05) is 14.1 Å². The van der Waals surface area contributed by atoms with Crippen LogP contribution in [-0.2, 0) is 9.59 Å². The van der Waals surface area contributed by atoms with Crippen molar-refractivity contribution in [1.82, 2.24) is 10.2 Å². The molecule has 2 amide bonds. The van der Waals surface area contributed by atoms with Gasteiger partial charge in [0, 0.05) is 19.6 Å². The predicted octanol–water partition coefficient (Wildman–Crippen LogP) is 2.76. The molecular weight excluding hydrogens is 252 g/mol. The molecule has 0 atom stereocenters. The number of carbonyl (C=O) groups excluding carboxylic acids is 2. The summed E-state index contributed by atoms with van der Waals surface area (Å²) in [6, 6.07) is 0. The first-order valence-corrected chi connectivity index (χ1v) is 6.63. The molecule has 0 aliphatic rings. The van der Waals surface area contributed by atoms with E-state index >= 15 is 0 Å². The van der Waals surface area contributed by atoms with Gasteiger partial charge < -0.3 is 10.2 Å². The second-order valence-electron chi connectivity index (χ2n) is 6.75. The Balaban J connectivity index is 0. The maximum absolute atomic E-state index is 11.1. The molecule has 116 valence electrons. The van der Waals surface area contributed by atoms with Crippen LogP contribution in [0.5, 0.6) is 0 Å². The highest BCUT2D eigenvalue weighted by Crippen LogP contribution is 2.26. The minimum Gasteiger partial charge on any atom is -0.348 e. The van der Waals surface area contributed by atoms with Crippen LogP contribution in [0.4, 0.5) is 0 Å². The van der Waals surface area contributed by atoms with E-state index in [9.17, 15) is 9.59 Å². The van der Waals surface area contributed by atoms with Crippen molar-refractivity contribution >= 4 is 11.8 Å². The molecule has 0 bridgehead atoms. The molecule has 0 rings (SSSR count). The van der Waals surface area contributed by atoms with Crippen LogP contribution in [0.3, 0.4) is 0 Å². The average Bonchev–Trinajstić information content (AvgIpc) is 2.24. The van der Waals surface area contributed by atoms with Gasteiger partial charge in [-0.2, -0.15) is 0 Å². The zero-order chi connectivity index (χ0) is 16.6. The largest absolute Gasteiger partial charge is 0.348 e. The summed E-state index contributed by atoms with van der Waals surface area (Å²) in [5, 5.41) is 2.91. The number of hydrogen-bond donors (Lipinski definition) is 1. The molecule has 0 aromatic rings. The second-order valence-corrected chi connectivity index (χ2v) is 6.75. The van der Waals surface area contributed by atoms with E-state index in [4.69, 9.17) is 0 Å². The Kier molecular flexibility index (Phi) is 8.88. The number of nitrogens with zero attached hydrogens (tertiary/aromatic N) is 1. The molecule has 4 heteroatoms. The standard InChI is InChI=1S/C11H21NO.C5H9NO/c1-7-9(13)12-11(5,6)8-10(2,3)4;1-4-5(7)6(2)3/h7H,1,8H2,2-6H3,(H,12,13);4H,1H2,2-3H3. The minimum atomic E-state index is -0.163. The number of amides is 2. The molecule has 0 fully saturated rings. The van der Waals surface area contributed by atoms with Crippen molar-refractivity contribution in [1.29, 1.82) is 0 Å². The molecule has 0 aliphatic carbocycles. The molecule has 0 saturated heterocycles. The van der Waals surface area contributed by atoms with Crippen LogP contribution in [0, 0.1) is 5.41 Å². The van der Waals surface area contributed by atoms with Crippen LogP contribution in [0.15, 0.2) is 25.3 Å². The Morgan fingerprint density at radius 3 is 1.70 bits per heavy atom. The molecule has 0 heterocycles. The Morgan fingerprint density at radius 2 is 1.50 bits per heavy atom. The fourth-order valence-electron chi connectivity index (χ4n) is 1.94. The zero-order valence-corrected chi connectivity index (χ0v) is 14.0. The van der Waals surface area contributed by atoms with Gasteiger partial charge in [-0.05, 0) is 37.8 Å². The number of hydrogen-bond acceptors (Lipinski definition) is 2. The Hall–Kier alpha value is -1.58. The van der Waals surface area contributed by atoms with Crippen LogP contribution in [0.25, 0.3) is 0 Å². The van der Waals surface area contributed by atoms with E-state index in [1.54, 1.807) is 14.1 Å². The normalized spacial score (nSPS) is 10.8. The fraction of sp³-hybridized carbons (Fsp3) is 0.625. The third-order valence-electron chi connectivity index (χ3n) is 2.23. The monoisotopic (exact) mass is 282 g/mol. The van der Waals surface area contributed by atoms with Crippen molar-refractivity contribution in [3.05, 3.63) is 25.3 Å². The molecule has 0 spiro atoms. The van der Waals surface area contributed by atoms with E-state index in [0.717, 1.165) is 6.42 Å². The molecule has 0 saturated carbocycles. The lowest BCUT2D eigenvalue weighted by atomic mass is 9.82. The van der Waals surface area contributed by atoms with Crippen LogP contribution < -0.4 is 5.32 Å². The highest BCUT2D eigenvalue weighted by Gasteiger charge is 2.25. The van der Waals surface area contributed by atoms with Crippen LogP contribution in [-0.4, -0.2) is 36.3 Å². The summed E-state index contributed by atoms with van der Waals surface area (Å²) < 4.78 is 0. The van der Waals surface area contributed by atoms with Gasteiger partial charge in [0.1, 0.15) is 0 Å². The highest BCUT2D eigenvalue weighted by atomic mass is 16.2. The van der Waals surface area contributed by atoms with E-state index in [-0.39, 0.29) is 22.8 Å². The van der Waals surface area contributed by atoms with Crippen molar-refractivity contribution in [2.24, 2.45) is 5.41 Å². The molecule has 1 N–H and O–H groups in total. The highest BCUT2D eigenvalue weighted by molar-refractivity contribution is 5.87. The van der Waals surface area contributed by atoms with Gasteiger partial charge in [-0.1, -0.05) is 33.9 Å². The minimum absolute atomic E-state index is 0.0556. The third-order valence-corrected chi connectivity index (χ3v) is 2.23. The summed E-state index contributed by atoms with van der Waals surface area (Å²) in [5.41, 5.74) is 0.0570. The molecule has 0 aromatic carbocycles. The third kappa shape index (κ3) is 12.9. The van der Waals surface area contributed by atoms with Gasteiger partial charge in [0.15, 0.2) is 0 Å². The van der Waals surface area contributed by atoms with Crippen LogP contribution in [0.2, 0.25) is 0 Å². The summed E-state index contributed by atoms with van der Waals surface area (Å²) in [6.07, 6.45) is 3.53. The Morgan fingerprint density at radius 1 is 1.05 bits per heavy atom. The van der Waals surface area contributed by atoms with Crippen molar-refractivity contribution in [2.45, 2.75) is 46.6 Å². The molecule has 0 aromatic heterocycles. The SMILES string of the molecule is C=CC(=O)N(C)C.C=CC(=O)NC(C)(C)CC(C)(C)C. The van der Waals surface area contributed by atoms with E-state index in [0.29, 0.717) is 0 Å². The summed E-state index contributed by atoms with van der Waals surface area (Å²) in [5.74, 6) is -0.158. The van der Waals surface area contributed by atoms with E-state index < -0.39 is 0 Å². The Labute approximate surface area is 123 Å². The van der Waals surface area contributed by atoms with Gasteiger partial charge in [0.2, 0.25) is 11.8 Å². The molecule has 0 radical (unpaired) electrons. The summed E-state index contributed by atoms with van der Waals surface area (Å²) in [6.45, 7) is 17.3. The smallest absolute Gasteiger partial charge is 0.245 e. The average molecular weight is 282 g/mol. The quantitative estimate of drug-likeness (QED) is 0.806. The molecule has 20 heavy (non-hydrogen) atoms. The second kappa shape index (κ2) is 8.56. The van der Waals surface area contributed by atoms with Crippen molar-refractivity contribution < 1.29 is 9.59 Å². The fourth-order valence-corrected chi connectivity index (χ4v) is 1.94. The summed E-state index contributed by atoms with van der Waals surface area (Å²) in [7, 11) is 3.37. The predicted molar refractivity (Wildman–Crippen MR) is 85.4 cm³/mol. The first-order valence-electron chi connectivity index (χ1n) is 6.63. The lowest BCUT2D eigenvalue weighted by molar-refractivity contribution is -0.123. The first kappa shape index (κ1) is 20.7. The maximum atomic E-state index is 11.1. The van der Waals surface area contributed by atoms with Crippen molar-refractivity contribution in [3.8, 4) is 0 Å². The topological polar surface area (TPSA) is 49.4 Å². The maximum Gasteiger partial charge on any atom is 0.245 e. The van der Waals surface area contributed by atoms with Gasteiger partial charge in [-0.25, -0.2) is 0 Å². The van der Waals surface area contributed by atoms with Gasteiger partial charge >= 0.3 is 0 Å². The number of carbonyl (C=O) groups is 2. The lowest BCUT2D eigenvalue weighted by Gasteiger charge is -2.32. The van der Waals surface area contributed by atoms with Crippen LogP contribution >= 0.6 is 0 Å². The van der Waals surface area contributed by atoms with Crippen molar-refractivity contribution in [3.63, 3.8) is 0 Å². The zero-order valence-electron chi connectivity index (χ0n) is 14.0. The number of rotatable bonds is 4. The summed E-state index contributed by atoms with van der Waals surface area (Å²) in [4.78, 5) is 22.9. The molecule has 0 aliphatic heterocycles. The van der Waals surface area contributed by atoms with E-state index in [2.05, 4.69) is 39.2 Å². The number of likely N-dealkylation sites (N-methyl/N-ethyl adjacent to an activating group) is 1. The first-order chi connectivity index (χ1) is 8.84. The molecule has 4 nitrogen and oxygen atoms in total. The molecule has 0 unspecified atom stereocenters. The lowest BCUT2D eigenvalue weighted by Crippen LogP contribution is -2.45. The molecular formula is C16H30N2O2. The van der Waals surface area contributed by atoms with Crippen LogP contribution in [0.1, 0.15) is 41.0 Å². The summed E-state index contributed by atoms with van der Waals surface area (Å²) >= 11 is 0.